The first-order valence-electron chi connectivity index (χ1n) is 12.3. The van der Waals surface area contributed by atoms with Gasteiger partial charge in [-0.3, -0.25) is 0 Å². The Kier molecular flexibility index (Phi) is 5.22. The maximum Gasteiger partial charge on any atom is 0.119 e. The van der Waals surface area contributed by atoms with Gasteiger partial charge in [-0.25, -0.2) is 0 Å². The number of ether oxygens (including phenoxy) is 2. The van der Waals surface area contributed by atoms with Crippen molar-refractivity contribution in [2.24, 2.45) is 0 Å². The van der Waals surface area contributed by atoms with E-state index in [0.717, 1.165) is 28.6 Å². The fraction of sp³-hybridized carbons (Fsp3) is 0.152. The van der Waals surface area contributed by atoms with Crippen molar-refractivity contribution in [3.05, 3.63) is 114 Å². The van der Waals surface area contributed by atoms with Crippen molar-refractivity contribution in [2.45, 2.75) is 19.3 Å². The first-order valence-corrected chi connectivity index (χ1v) is 12.3. The molecule has 178 valence electrons. The molecule has 0 unspecified atom stereocenters. The number of benzene rings is 5. The van der Waals surface area contributed by atoms with E-state index < -0.39 is 0 Å². The Balaban J connectivity index is 1.52. The Hall–Kier alpha value is -4.24. The first kappa shape index (κ1) is 22.2. The molecule has 0 saturated heterocycles. The molecule has 0 atom stereocenters. The molecule has 0 amide bonds. The lowest BCUT2D eigenvalue weighted by atomic mass is 9.80. The van der Waals surface area contributed by atoms with Gasteiger partial charge in [0.15, 0.2) is 0 Å². The zero-order valence-electron chi connectivity index (χ0n) is 21.1. The van der Waals surface area contributed by atoms with Crippen LogP contribution in [-0.4, -0.2) is 14.2 Å². The highest BCUT2D eigenvalue weighted by Gasteiger charge is 2.37. The topological polar surface area (TPSA) is 21.7 Å². The summed E-state index contributed by atoms with van der Waals surface area (Å²) in [7, 11) is 3.39. The molecule has 3 heteroatoms. The number of anilines is 3. The molecule has 5 aromatic rings. The van der Waals surface area contributed by atoms with Crippen molar-refractivity contribution in [1.82, 2.24) is 0 Å². The minimum absolute atomic E-state index is 0.118. The van der Waals surface area contributed by atoms with E-state index in [-0.39, 0.29) is 5.41 Å². The predicted octanol–water partition coefficient (Wildman–Crippen LogP) is 8.63. The zero-order chi connectivity index (χ0) is 24.9. The van der Waals surface area contributed by atoms with E-state index >= 15 is 0 Å². The molecule has 0 aliphatic heterocycles. The van der Waals surface area contributed by atoms with Crippen LogP contribution in [0.25, 0.3) is 21.9 Å². The first-order chi connectivity index (χ1) is 17.5. The molecule has 0 saturated carbocycles. The number of nitrogens with zero attached hydrogens (tertiary/aromatic N) is 1. The van der Waals surface area contributed by atoms with Gasteiger partial charge in [0.1, 0.15) is 11.5 Å². The number of hydrogen-bond acceptors (Lipinski definition) is 3. The quantitative estimate of drug-likeness (QED) is 0.256. The summed E-state index contributed by atoms with van der Waals surface area (Å²) < 4.78 is 10.8. The van der Waals surface area contributed by atoms with Crippen molar-refractivity contribution in [1.29, 1.82) is 0 Å². The highest BCUT2D eigenvalue weighted by atomic mass is 16.5. The molecule has 36 heavy (non-hydrogen) atoms. The van der Waals surface area contributed by atoms with Crippen molar-refractivity contribution in [2.75, 3.05) is 19.1 Å². The third kappa shape index (κ3) is 3.43. The molecular formula is C33H29NO2. The SMILES string of the molecule is COc1ccc(N(c2ccc(OC)cc2)c2ccc3c(c2)C(C)(C)c2c-3ccc3ccccc23)cc1. The van der Waals surface area contributed by atoms with Gasteiger partial charge < -0.3 is 14.4 Å². The maximum atomic E-state index is 5.41. The minimum atomic E-state index is -0.118. The summed E-state index contributed by atoms with van der Waals surface area (Å²) in [5.41, 5.74) is 8.54. The molecule has 1 aliphatic carbocycles. The number of rotatable bonds is 5. The van der Waals surface area contributed by atoms with Gasteiger partial charge >= 0.3 is 0 Å². The fourth-order valence-electron chi connectivity index (χ4n) is 5.64. The molecule has 0 bridgehead atoms. The average Bonchev–Trinajstić information content (AvgIpc) is 3.16. The largest absolute Gasteiger partial charge is 0.497 e. The number of fused-ring (bicyclic) bond motifs is 5. The summed E-state index contributed by atoms with van der Waals surface area (Å²) in [6.07, 6.45) is 0. The maximum absolute atomic E-state index is 5.41. The van der Waals surface area contributed by atoms with Crippen LogP contribution in [0.3, 0.4) is 0 Å². The van der Waals surface area contributed by atoms with Crippen molar-refractivity contribution < 1.29 is 9.47 Å². The summed E-state index contributed by atoms with van der Waals surface area (Å²) in [5.74, 6) is 1.68. The zero-order valence-corrected chi connectivity index (χ0v) is 21.1. The van der Waals surface area contributed by atoms with E-state index in [2.05, 4.69) is 97.6 Å². The summed E-state index contributed by atoms with van der Waals surface area (Å²) in [5, 5.41) is 2.62. The van der Waals surface area contributed by atoms with Crippen LogP contribution in [0.15, 0.2) is 103 Å². The van der Waals surface area contributed by atoms with E-state index in [1.807, 2.05) is 24.3 Å². The molecule has 0 heterocycles. The molecule has 6 rings (SSSR count). The Labute approximate surface area is 212 Å². The summed E-state index contributed by atoms with van der Waals surface area (Å²) in [4.78, 5) is 2.29. The van der Waals surface area contributed by atoms with E-state index in [4.69, 9.17) is 9.47 Å². The molecule has 0 fully saturated rings. The lowest BCUT2D eigenvalue weighted by Crippen LogP contribution is -2.17. The lowest BCUT2D eigenvalue weighted by molar-refractivity contribution is 0.415. The van der Waals surface area contributed by atoms with Gasteiger partial charge in [0.25, 0.3) is 0 Å². The van der Waals surface area contributed by atoms with Gasteiger partial charge in [0.05, 0.1) is 14.2 Å². The Morgan fingerprint density at radius 3 is 1.75 bits per heavy atom. The third-order valence-corrected chi connectivity index (χ3v) is 7.44. The lowest BCUT2D eigenvalue weighted by Gasteiger charge is -2.28. The van der Waals surface area contributed by atoms with Crippen molar-refractivity contribution >= 4 is 27.8 Å². The number of hydrogen-bond donors (Lipinski definition) is 0. The average molecular weight is 472 g/mol. The molecule has 0 aromatic heterocycles. The molecule has 5 aromatic carbocycles. The Morgan fingerprint density at radius 1 is 0.583 bits per heavy atom. The second kappa shape index (κ2) is 8.46. The molecular weight excluding hydrogens is 442 g/mol. The van der Waals surface area contributed by atoms with Crippen molar-refractivity contribution in [3.8, 4) is 22.6 Å². The molecule has 1 aliphatic rings. The second-order valence-corrected chi connectivity index (χ2v) is 9.80. The van der Waals surface area contributed by atoms with Crippen LogP contribution in [-0.2, 0) is 5.41 Å². The van der Waals surface area contributed by atoms with E-state index in [9.17, 15) is 0 Å². The third-order valence-electron chi connectivity index (χ3n) is 7.44. The molecule has 0 spiro atoms. The van der Waals surface area contributed by atoms with Crippen LogP contribution in [0.2, 0.25) is 0 Å². The van der Waals surface area contributed by atoms with E-state index in [0.29, 0.717) is 0 Å². The normalized spacial score (nSPS) is 13.2. The minimum Gasteiger partial charge on any atom is -0.497 e. The second-order valence-electron chi connectivity index (χ2n) is 9.80. The number of methoxy groups -OCH3 is 2. The van der Waals surface area contributed by atoms with Gasteiger partial charge in [-0.15, -0.1) is 0 Å². The highest BCUT2D eigenvalue weighted by molar-refractivity contribution is 5.98. The predicted molar refractivity (Wildman–Crippen MR) is 149 cm³/mol. The highest BCUT2D eigenvalue weighted by Crippen LogP contribution is 2.52. The van der Waals surface area contributed by atoms with Crippen LogP contribution in [0.4, 0.5) is 17.1 Å². The van der Waals surface area contributed by atoms with Crippen LogP contribution >= 0.6 is 0 Å². The molecule has 0 radical (unpaired) electrons. The van der Waals surface area contributed by atoms with Crippen molar-refractivity contribution in [3.63, 3.8) is 0 Å². The molecule has 3 nitrogen and oxygen atoms in total. The van der Waals surface area contributed by atoms with Crippen LogP contribution in [0.5, 0.6) is 11.5 Å². The summed E-state index contributed by atoms with van der Waals surface area (Å²) >= 11 is 0. The van der Waals surface area contributed by atoms with Gasteiger partial charge in [-0.1, -0.05) is 56.3 Å². The van der Waals surface area contributed by atoms with Gasteiger partial charge in [0, 0.05) is 22.5 Å². The Morgan fingerprint density at radius 2 is 1.14 bits per heavy atom. The summed E-state index contributed by atoms with van der Waals surface area (Å²) in [6, 6.07) is 36.5. The Bertz CT molecular complexity index is 1520. The monoisotopic (exact) mass is 471 g/mol. The van der Waals surface area contributed by atoms with E-state index in [1.165, 1.54) is 33.0 Å². The molecule has 0 N–H and O–H groups in total. The van der Waals surface area contributed by atoms with Gasteiger partial charge in [-0.05, 0) is 93.7 Å². The van der Waals surface area contributed by atoms with E-state index in [1.54, 1.807) is 14.2 Å². The summed E-state index contributed by atoms with van der Waals surface area (Å²) in [6.45, 7) is 4.69. The van der Waals surface area contributed by atoms with Gasteiger partial charge in [-0.2, -0.15) is 0 Å². The van der Waals surface area contributed by atoms with Crippen LogP contribution in [0, 0.1) is 0 Å². The van der Waals surface area contributed by atoms with Crippen LogP contribution < -0.4 is 14.4 Å². The van der Waals surface area contributed by atoms with Crippen LogP contribution in [0.1, 0.15) is 25.0 Å². The van der Waals surface area contributed by atoms with Gasteiger partial charge in [0.2, 0.25) is 0 Å². The smallest absolute Gasteiger partial charge is 0.119 e. The standard InChI is InChI=1S/C33H29NO2/c1-33(2)31-21-25(14-20-29(31)30-19-9-22-7-5-6-8-28(22)32(30)33)34(23-10-15-26(35-3)16-11-23)24-12-17-27(36-4)18-13-24/h5-21H,1-4H3. The fourth-order valence-corrected chi connectivity index (χ4v) is 5.64.